The molecule has 1 unspecified atom stereocenters. The molecule has 1 atom stereocenters. The first kappa shape index (κ1) is 31.8. The standard InChI is InChI=1S/C51H31N5S/c52-30-33-29-32(48-47(31-15-3-1-4-16-31)53-38-22-10-11-23-39(38)54-48)27-28-40(33)56-42-25-13-8-20-36(42)45-50(56)44-35-19-7-12-24-41(35)55(34-17-5-2-6-18-34)49(44)46-37-21-9-14-26-43(37)57-51(45)46/h1-29,48,54H. The molecule has 3 aromatic heterocycles. The molecule has 0 amide bonds. The summed E-state index contributed by atoms with van der Waals surface area (Å²) in [4.78, 5) is 5.19. The van der Waals surface area contributed by atoms with Gasteiger partial charge in [0.25, 0.3) is 0 Å². The Morgan fingerprint density at radius 1 is 0.579 bits per heavy atom. The van der Waals surface area contributed by atoms with Crippen molar-refractivity contribution >= 4 is 92.2 Å². The third kappa shape index (κ3) is 4.58. The molecule has 0 radical (unpaired) electrons. The lowest BCUT2D eigenvalue weighted by Crippen LogP contribution is -2.25. The van der Waals surface area contributed by atoms with E-state index in [0.29, 0.717) is 5.56 Å². The Labute approximate surface area is 331 Å². The Kier molecular flexibility index (Phi) is 6.86. The third-order valence-corrected chi connectivity index (χ3v) is 12.8. The Bertz CT molecular complexity index is 3510. The number of hydrogen-bond donors (Lipinski definition) is 1. The van der Waals surface area contributed by atoms with Gasteiger partial charge in [0, 0.05) is 47.4 Å². The Morgan fingerprint density at radius 2 is 1.19 bits per heavy atom. The van der Waals surface area contributed by atoms with Crippen LogP contribution >= 0.6 is 11.3 Å². The monoisotopic (exact) mass is 745 g/mol. The number of hydrogen-bond acceptors (Lipinski definition) is 4. The van der Waals surface area contributed by atoms with E-state index in [-0.39, 0.29) is 6.04 Å². The first-order chi connectivity index (χ1) is 28.3. The van der Waals surface area contributed by atoms with E-state index in [0.717, 1.165) is 56.1 Å². The average Bonchev–Trinajstić information content (AvgIpc) is 3.94. The summed E-state index contributed by atoms with van der Waals surface area (Å²) in [6.45, 7) is 0. The number of aromatic nitrogens is 2. The molecular weight excluding hydrogens is 715 g/mol. The van der Waals surface area contributed by atoms with Gasteiger partial charge in [-0.25, -0.2) is 4.99 Å². The van der Waals surface area contributed by atoms with Gasteiger partial charge in [0.15, 0.2) is 0 Å². The highest BCUT2D eigenvalue weighted by atomic mass is 32.1. The smallest absolute Gasteiger partial charge is 0.101 e. The van der Waals surface area contributed by atoms with E-state index >= 15 is 0 Å². The number of nitriles is 1. The van der Waals surface area contributed by atoms with Gasteiger partial charge >= 0.3 is 0 Å². The van der Waals surface area contributed by atoms with Crippen LogP contribution in [0.1, 0.15) is 22.7 Å². The van der Waals surface area contributed by atoms with Gasteiger partial charge in [-0.05, 0) is 65.7 Å². The summed E-state index contributed by atoms with van der Waals surface area (Å²) in [7, 11) is 0. The number of rotatable bonds is 4. The molecule has 12 rings (SSSR count). The van der Waals surface area contributed by atoms with Crippen molar-refractivity contribution in [1.82, 2.24) is 9.13 Å². The van der Waals surface area contributed by atoms with Gasteiger partial charge in [-0.3, -0.25) is 0 Å². The van der Waals surface area contributed by atoms with Gasteiger partial charge in [0.2, 0.25) is 0 Å². The zero-order valence-corrected chi connectivity index (χ0v) is 31.3. The highest BCUT2D eigenvalue weighted by molar-refractivity contribution is 7.27. The molecule has 0 spiro atoms. The van der Waals surface area contributed by atoms with Crippen LogP contribution in [0.15, 0.2) is 181 Å². The van der Waals surface area contributed by atoms with Crippen molar-refractivity contribution in [2.24, 2.45) is 4.99 Å². The lowest BCUT2D eigenvalue weighted by atomic mass is 9.93. The van der Waals surface area contributed by atoms with Crippen molar-refractivity contribution in [2.45, 2.75) is 6.04 Å². The van der Waals surface area contributed by atoms with Crippen LogP contribution in [0.2, 0.25) is 0 Å². The maximum Gasteiger partial charge on any atom is 0.101 e. The van der Waals surface area contributed by atoms with E-state index in [1.165, 1.54) is 47.2 Å². The molecule has 0 fully saturated rings. The number of anilines is 1. The Morgan fingerprint density at radius 3 is 1.98 bits per heavy atom. The van der Waals surface area contributed by atoms with E-state index in [4.69, 9.17) is 4.99 Å². The quantitative estimate of drug-likeness (QED) is 0.195. The highest BCUT2D eigenvalue weighted by Gasteiger charge is 2.29. The van der Waals surface area contributed by atoms with Gasteiger partial charge < -0.3 is 14.5 Å². The summed E-state index contributed by atoms with van der Waals surface area (Å²) in [5.41, 5.74) is 11.9. The predicted molar refractivity (Wildman–Crippen MR) is 238 cm³/mol. The molecule has 1 aliphatic heterocycles. The van der Waals surface area contributed by atoms with Gasteiger partial charge in [-0.2, -0.15) is 5.26 Å². The minimum Gasteiger partial charge on any atom is -0.371 e. The zero-order valence-electron chi connectivity index (χ0n) is 30.5. The average molecular weight is 746 g/mol. The van der Waals surface area contributed by atoms with Crippen LogP contribution in [0, 0.1) is 11.3 Å². The number of benzene rings is 8. The fourth-order valence-electron chi connectivity index (χ4n) is 9.19. The Hall–Kier alpha value is -7.46. The van der Waals surface area contributed by atoms with Crippen molar-refractivity contribution in [3.63, 3.8) is 0 Å². The van der Waals surface area contributed by atoms with Crippen molar-refractivity contribution in [3.8, 4) is 17.4 Å². The molecule has 0 saturated heterocycles. The summed E-state index contributed by atoms with van der Waals surface area (Å²) < 4.78 is 7.30. The number of nitrogens with one attached hydrogen (secondary N) is 1. The van der Waals surface area contributed by atoms with Gasteiger partial charge in [0.1, 0.15) is 6.07 Å². The number of thiophene rings is 1. The molecule has 1 N–H and O–H groups in total. The first-order valence-corrected chi connectivity index (χ1v) is 20.0. The maximum absolute atomic E-state index is 11.1. The lowest BCUT2D eigenvalue weighted by Gasteiger charge is -2.28. The second-order valence-electron chi connectivity index (χ2n) is 14.6. The summed E-state index contributed by atoms with van der Waals surface area (Å²) in [6, 6.07) is 64.2. The fourth-order valence-corrected chi connectivity index (χ4v) is 10.4. The largest absolute Gasteiger partial charge is 0.371 e. The van der Waals surface area contributed by atoms with Crippen molar-refractivity contribution in [1.29, 1.82) is 5.26 Å². The van der Waals surface area contributed by atoms with Crippen molar-refractivity contribution in [3.05, 3.63) is 193 Å². The van der Waals surface area contributed by atoms with E-state index in [2.05, 4.69) is 160 Å². The SMILES string of the molecule is N#Cc1cc(C2Nc3ccccc3N=C2c2ccccc2)ccc1-n1c2ccccc2c2c3sc4ccccc4c3c3c(c4ccccc4n3-c3ccccc3)c21. The van der Waals surface area contributed by atoms with Gasteiger partial charge in [-0.1, -0.05) is 121 Å². The first-order valence-electron chi connectivity index (χ1n) is 19.2. The molecule has 5 nitrogen and oxygen atoms in total. The molecule has 0 aliphatic carbocycles. The van der Waals surface area contributed by atoms with Crippen LogP contribution < -0.4 is 5.32 Å². The molecular formula is C51H31N5S. The Balaban J connectivity index is 1.20. The van der Waals surface area contributed by atoms with E-state index in [1.54, 1.807) is 0 Å². The molecule has 57 heavy (non-hydrogen) atoms. The minimum absolute atomic E-state index is 0.254. The summed E-state index contributed by atoms with van der Waals surface area (Å²) in [6.07, 6.45) is 0. The van der Waals surface area contributed by atoms with Crippen LogP contribution in [-0.4, -0.2) is 14.8 Å². The third-order valence-electron chi connectivity index (χ3n) is 11.6. The normalized spacial score (nSPS) is 14.0. The molecule has 1 aliphatic rings. The fraction of sp³-hybridized carbons (Fsp3) is 0.0196. The predicted octanol–water partition coefficient (Wildman–Crippen LogP) is 13.4. The topological polar surface area (TPSA) is 58.0 Å². The molecule has 8 aromatic carbocycles. The van der Waals surface area contributed by atoms with Crippen LogP contribution in [-0.2, 0) is 0 Å². The van der Waals surface area contributed by atoms with E-state index in [1.807, 2.05) is 47.7 Å². The maximum atomic E-state index is 11.1. The van der Waals surface area contributed by atoms with Crippen LogP contribution in [0.5, 0.6) is 0 Å². The summed E-state index contributed by atoms with van der Waals surface area (Å²) in [5.74, 6) is 0. The van der Waals surface area contributed by atoms with Gasteiger partial charge in [-0.15, -0.1) is 11.3 Å². The number of fused-ring (bicyclic) bond motifs is 13. The zero-order chi connectivity index (χ0) is 37.6. The number of para-hydroxylation sites is 5. The second-order valence-corrected chi connectivity index (χ2v) is 15.7. The van der Waals surface area contributed by atoms with Crippen molar-refractivity contribution in [2.75, 3.05) is 5.32 Å². The van der Waals surface area contributed by atoms with E-state index < -0.39 is 0 Å². The number of aliphatic imine (C=N–C) groups is 1. The highest BCUT2D eigenvalue weighted by Crippen LogP contribution is 2.51. The molecule has 6 heteroatoms. The summed E-state index contributed by atoms with van der Waals surface area (Å²) >= 11 is 1.85. The second kappa shape index (κ2) is 12.3. The van der Waals surface area contributed by atoms with Crippen molar-refractivity contribution < 1.29 is 0 Å². The summed E-state index contributed by atoms with van der Waals surface area (Å²) in [5, 5.41) is 22.1. The molecule has 0 bridgehead atoms. The molecule has 4 heterocycles. The van der Waals surface area contributed by atoms with Crippen LogP contribution in [0.3, 0.4) is 0 Å². The molecule has 11 aromatic rings. The lowest BCUT2D eigenvalue weighted by molar-refractivity contribution is 1.01. The molecule has 266 valence electrons. The minimum atomic E-state index is -0.254. The van der Waals surface area contributed by atoms with Crippen LogP contribution in [0.4, 0.5) is 11.4 Å². The molecule has 0 saturated carbocycles. The number of nitrogens with zero attached hydrogens (tertiary/aromatic N) is 4. The van der Waals surface area contributed by atoms with Crippen LogP contribution in [0.25, 0.3) is 75.2 Å². The van der Waals surface area contributed by atoms with E-state index in [9.17, 15) is 5.26 Å². The van der Waals surface area contributed by atoms with Gasteiger partial charge in [0.05, 0.1) is 56.4 Å².